The highest BCUT2D eigenvalue weighted by Crippen LogP contribution is 2.69. The van der Waals surface area contributed by atoms with Gasteiger partial charge in [-0.2, -0.15) is 0 Å². The molecule has 4 rings (SSSR count). The van der Waals surface area contributed by atoms with Crippen molar-refractivity contribution >= 4 is 0 Å². The number of rotatable bonds is 0. The molecule has 0 aromatic heterocycles. The fourth-order valence-corrected chi connectivity index (χ4v) is 3.13. The molecule has 0 saturated heterocycles. The van der Waals surface area contributed by atoms with Crippen molar-refractivity contribution in [2.75, 3.05) is 0 Å². The van der Waals surface area contributed by atoms with Crippen LogP contribution in [-0.2, 0) is 0 Å². The van der Waals surface area contributed by atoms with Crippen LogP contribution in [0.3, 0.4) is 0 Å². The van der Waals surface area contributed by atoms with Crippen LogP contribution in [-0.4, -0.2) is 6.04 Å². The molecular formula is C7H11N. The van der Waals surface area contributed by atoms with Gasteiger partial charge in [0, 0.05) is 6.04 Å². The Morgan fingerprint density at radius 3 is 1.88 bits per heavy atom. The minimum atomic E-state index is 0.630. The summed E-state index contributed by atoms with van der Waals surface area (Å²) in [5.74, 6) is 4.17. The second-order valence-corrected chi connectivity index (χ2v) is 3.71. The van der Waals surface area contributed by atoms with Crippen molar-refractivity contribution in [2.24, 2.45) is 29.4 Å². The van der Waals surface area contributed by atoms with Crippen LogP contribution in [0, 0.1) is 23.7 Å². The van der Waals surface area contributed by atoms with Crippen molar-refractivity contribution in [2.45, 2.75) is 18.9 Å². The fourth-order valence-electron chi connectivity index (χ4n) is 3.13. The summed E-state index contributed by atoms with van der Waals surface area (Å²) in [6, 6.07) is 0.630. The van der Waals surface area contributed by atoms with Gasteiger partial charge in [0.1, 0.15) is 0 Å². The molecule has 0 aliphatic heterocycles. The second-order valence-electron chi connectivity index (χ2n) is 3.71. The second kappa shape index (κ2) is 0.860. The first kappa shape index (κ1) is 3.89. The van der Waals surface area contributed by atoms with Gasteiger partial charge in [-0.25, -0.2) is 0 Å². The molecule has 8 heavy (non-hydrogen) atoms. The van der Waals surface area contributed by atoms with E-state index in [2.05, 4.69) is 0 Å². The molecule has 4 bridgehead atoms. The molecule has 4 aliphatic rings. The molecule has 2 N–H and O–H groups in total. The van der Waals surface area contributed by atoms with E-state index in [0.717, 1.165) is 23.7 Å². The SMILES string of the molecule is NC1C2CC3C(C2)C13. The zero-order chi connectivity index (χ0) is 5.30. The summed E-state index contributed by atoms with van der Waals surface area (Å²) < 4.78 is 0. The average molecular weight is 109 g/mol. The van der Waals surface area contributed by atoms with Crippen molar-refractivity contribution in [3.05, 3.63) is 0 Å². The van der Waals surface area contributed by atoms with Gasteiger partial charge in [-0.05, 0) is 36.5 Å². The van der Waals surface area contributed by atoms with Gasteiger partial charge in [-0.3, -0.25) is 0 Å². The lowest BCUT2D eigenvalue weighted by atomic mass is 10.1. The van der Waals surface area contributed by atoms with Gasteiger partial charge in [0.2, 0.25) is 0 Å². The first-order valence-electron chi connectivity index (χ1n) is 3.63. The van der Waals surface area contributed by atoms with Gasteiger partial charge in [-0.15, -0.1) is 0 Å². The van der Waals surface area contributed by atoms with E-state index in [-0.39, 0.29) is 0 Å². The molecule has 4 saturated carbocycles. The summed E-state index contributed by atoms with van der Waals surface area (Å²) in [5, 5.41) is 0. The van der Waals surface area contributed by atoms with E-state index in [0.29, 0.717) is 6.04 Å². The number of hydrogen-bond acceptors (Lipinski definition) is 1. The van der Waals surface area contributed by atoms with E-state index >= 15 is 0 Å². The fraction of sp³-hybridized carbons (Fsp3) is 1.00. The van der Waals surface area contributed by atoms with Crippen LogP contribution in [0.1, 0.15) is 12.8 Å². The molecule has 44 valence electrons. The summed E-state index contributed by atoms with van der Waals surface area (Å²) in [4.78, 5) is 0. The number of hydrogen-bond donors (Lipinski definition) is 1. The Hall–Kier alpha value is -0.0400. The van der Waals surface area contributed by atoms with Crippen LogP contribution in [0.2, 0.25) is 0 Å². The van der Waals surface area contributed by atoms with Crippen molar-refractivity contribution in [1.29, 1.82) is 0 Å². The highest BCUT2D eigenvalue weighted by atomic mass is 14.8. The summed E-state index contributed by atoms with van der Waals surface area (Å²) in [7, 11) is 0. The van der Waals surface area contributed by atoms with Crippen LogP contribution < -0.4 is 5.73 Å². The lowest BCUT2D eigenvalue weighted by Crippen LogP contribution is -2.23. The lowest BCUT2D eigenvalue weighted by Gasteiger charge is -2.04. The van der Waals surface area contributed by atoms with Gasteiger partial charge < -0.3 is 5.73 Å². The first-order valence-corrected chi connectivity index (χ1v) is 3.63. The van der Waals surface area contributed by atoms with Gasteiger partial charge >= 0.3 is 0 Å². The normalized spacial score (nSPS) is 73.9. The minimum Gasteiger partial charge on any atom is -0.327 e. The highest BCUT2D eigenvalue weighted by Gasteiger charge is 2.67. The van der Waals surface area contributed by atoms with Crippen molar-refractivity contribution < 1.29 is 0 Å². The molecule has 0 aromatic rings. The van der Waals surface area contributed by atoms with Gasteiger partial charge in [0.05, 0.1) is 0 Å². The molecule has 4 fully saturated rings. The summed E-state index contributed by atoms with van der Waals surface area (Å²) in [6.07, 6.45) is 2.97. The monoisotopic (exact) mass is 109 g/mol. The molecule has 4 aliphatic carbocycles. The van der Waals surface area contributed by atoms with Gasteiger partial charge in [-0.1, -0.05) is 0 Å². The third kappa shape index (κ3) is 0.218. The maximum absolute atomic E-state index is 5.91. The zero-order valence-electron chi connectivity index (χ0n) is 4.88. The summed E-state index contributed by atoms with van der Waals surface area (Å²) >= 11 is 0. The van der Waals surface area contributed by atoms with Crippen molar-refractivity contribution in [3.8, 4) is 0 Å². The molecule has 0 radical (unpaired) electrons. The zero-order valence-corrected chi connectivity index (χ0v) is 4.88. The largest absolute Gasteiger partial charge is 0.327 e. The molecule has 0 heterocycles. The highest BCUT2D eigenvalue weighted by molar-refractivity contribution is 5.18. The Labute approximate surface area is 49.3 Å². The molecule has 1 heteroatoms. The Balaban J connectivity index is 2.10. The molecule has 1 nitrogen and oxygen atoms in total. The third-order valence-electron chi connectivity index (χ3n) is 3.54. The van der Waals surface area contributed by atoms with E-state index in [9.17, 15) is 0 Å². The lowest BCUT2D eigenvalue weighted by molar-refractivity contribution is 0.523. The Morgan fingerprint density at radius 2 is 1.75 bits per heavy atom. The predicted octanol–water partition coefficient (Wildman–Crippen LogP) is 0.599. The Bertz CT molecular complexity index is 129. The molecule has 3 unspecified atom stereocenters. The van der Waals surface area contributed by atoms with E-state index in [1.54, 1.807) is 0 Å². The smallest absolute Gasteiger partial charge is 0.0101 e. The third-order valence-corrected chi connectivity index (χ3v) is 3.54. The van der Waals surface area contributed by atoms with Gasteiger partial charge in [0.25, 0.3) is 0 Å². The number of nitrogens with two attached hydrogens (primary N) is 1. The van der Waals surface area contributed by atoms with E-state index in [1.165, 1.54) is 12.8 Å². The Kier molecular flexibility index (Phi) is 0.418. The predicted molar refractivity (Wildman–Crippen MR) is 31.2 cm³/mol. The first-order chi connectivity index (χ1) is 3.88. The average Bonchev–Trinajstić information content (AvgIpc) is 2.23. The van der Waals surface area contributed by atoms with Crippen LogP contribution >= 0.6 is 0 Å². The summed E-state index contributed by atoms with van der Waals surface area (Å²) in [6.45, 7) is 0. The minimum absolute atomic E-state index is 0.630. The maximum atomic E-state index is 5.91. The molecule has 0 aromatic carbocycles. The topological polar surface area (TPSA) is 26.0 Å². The van der Waals surface area contributed by atoms with Crippen LogP contribution in [0.15, 0.2) is 0 Å². The van der Waals surface area contributed by atoms with Crippen LogP contribution in [0.25, 0.3) is 0 Å². The van der Waals surface area contributed by atoms with E-state index < -0.39 is 0 Å². The molecule has 0 spiro atoms. The van der Waals surface area contributed by atoms with Crippen molar-refractivity contribution in [1.82, 2.24) is 0 Å². The van der Waals surface area contributed by atoms with Gasteiger partial charge in [0.15, 0.2) is 0 Å². The molecule has 0 amide bonds. The molecular weight excluding hydrogens is 98.1 g/mol. The molecule has 3 atom stereocenters. The maximum Gasteiger partial charge on any atom is 0.0101 e. The van der Waals surface area contributed by atoms with E-state index in [4.69, 9.17) is 5.73 Å². The quantitative estimate of drug-likeness (QED) is 0.484. The van der Waals surface area contributed by atoms with Crippen LogP contribution in [0.5, 0.6) is 0 Å². The van der Waals surface area contributed by atoms with E-state index in [1.807, 2.05) is 0 Å². The standard InChI is InChI=1S/C7H11N/c8-7-3-1-4-5(2-3)6(4)7/h3-7H,1-2,8H2. The Morgan fingerprint density at radius 1 is 1.12 bits per heavy atom. The summed E-state index contributed by atoms with van der Waals surface area (Å²) in [5.41, 5.74) is 5.91. The van der Waals surface area contributed by atoms with Crippen LogP contribution in [0.4, 0.5) is 0 Å². The van der Waals surface area contributed by atoms with Crippen molar-refractivity contribution in [3.63, 3.8) is 0 Å².